The Labute approximate surface area is 164 Å². The summed E-state index contributed by atoms with van der Waals surface area (Å²) in [6.07, 6.45) is -3.22. The van der Waals surface area contributed by atoms with Crippen LogP contribution in [0.1, 0.15) is 16.2 Å². The van der Waals surface area contributed by atoms with Crippen molar-refractivity contribution in [2.75, 3.05) is 11.9 Å². The van der Waals surface area contributed by atoms with Crippen molar-refractivity contribution in [3.05, 3.63) is 72.6 Å². The second-order valence-corrected chi connectivity index (χ2v) is 6.10. The zero-order valence-electron chi connectivity index (χ0n) is 15.2. The number of halogens is 3. The van der Waals surface area contributed by atoms with Gasteiger partial charge in [0.1, 0.15) is 6.54 Å². The van der Waals surface area contributed by atoms with Crippen molar-refractivity contribution >= 4 is 28.5 Å². The molecule has 0 saturated carbocycles. The highest BCUT2D eigenvalue weighted by molar-refractivity contribution is 6.03. The Morgan fingerprint density at radius 2 is 1.79 bits per heavy atom. The standard InChI is InChI=1S/C20H17F3N4O2/c1-2-11-24-18(29)13-7-3-4-8-14(13)25-17(28)12-27-16-10-6-5-9-15(16)26-19(27)20(21,22)23/h2-10H,1,11-12H2,(H,24,29)(H,25,28). The van der Waals surface area contributed by atoms with Gasteiger partial charge in [-0.25, -0.2) is 4.98 Å². The Kier molecular flexibility index (Phi) is 5.67. The van der Waals surface area contributed by atoms with Crippen LogP contribution in [0.5, 0.6) is 0 Å². The van der Waals surface area contributed by atoms with Crippen LogP contribution in [0.15, 0.2) is 61.2 Å². The quantitative estimate of drug-likeness (QED) is 0.619. The van der Waals surface area contributed by atoms with Crippen LogP contribution in [-0.4, -0.2) is 27.9 Å². The molecule has 0 radical (unpaired) electrons. The smallest absolute Gasteiger partial charge is 0.349 e. The number of hydrogen-bond acceptors (Lipinski definition) is 3. The molecule has 29 heavy (non-hydrogen) atoms. The normalized spacial score (nSPS) is 11.3. The molecule has 0 atom stereocenters. The van der Waals surface area contributed by atoms with Gasteiger partial charge >= 0.3 is 6.18 Å². The third-order valence-corrected chi connectivity index (χ3v) is 4.06. The fraction of sp³-hybridized carbons (Fsp3) is 0.150. The first kappa shape index (κ1) is 20.1. The molecule has 2 amide bonds. The van der Waals surface area contributed by atoms with Gasteiger partial charge in [-0.3, -0.25) is 9.59 Å². The van der Waals surface area contributed by atoms with Crippen molar-refractivity contribution in [1.82, 2.24) is 14.9 Å². The predicted octanol–water partition coefficient (Wildman–Crippen LogP) is 3.61. The maximum absolute atomic E-state index is 13.4. The number of para-hydroxylation sites is 3. The number of rotatable bonds is 6. The highest BCUT2D eigenvalue weighted by Crippen LogP contribution is 2.31. The molecule has 3 aromatic rings. The van der Waals surface area contributed by atoms with Gasteiger partial charge in [0.25, 0.3) is 5.91 Å². The molecule has 0 aliphatic rings. The van der Waals surface area contributed by atoms with E-state index in [9.17, 15) is 22.8 Å². The zero-order chi connectivity index (χ0) is 21.0. The zero-order valence-corrected chi connectivity index (χ0v) is 15.2. The summed E-state index contributed by atoms with van der Waals surface area (Å²) in [7, 11) is 0. The van der Waals surface area contributed by atoms with Crippen molar-refractivity contribution in [2.45, 2.75) is 12.7 Å². The van der Waals surface area contributed by atoms with Crippen molar-refractivity contribution in [3.8, 4) is 0 Å². The van der Waals surface area contributed by atoms with Crippen molar-refractivity contribution in [3.63, 3.8) is 0 Å². The SMILES string of the molecule is C=CCNC(=O)c1ccccc1NC(=O)Cn1c(C(F)(F)F)nc2ccccc21. The summed E-state index contributed by atoms with van der Waals surface area (Å²) in [6, 6.07) is 12.3. The Bertz CT molecular complexity index is 1070. The molecule has 0 aliphatic carbocycles. The molecule has 9 heteroatoms. The summed E-state index contributed by atoms with van der Waals surface area (Å²) >= 11 is 0. The van der Waals surface area contributed by atoms with Gasteiger partial charge < -0.3 is 15.2 Å². The van der Waals surface area contributed by atoms with Crippen LogP contribution in [0.4, 0.5) is 18.9 Å². The monoisotopic (exact) mass is 402 g/mol. The number of amides is 2. The molecule has 0 aliphatic heterocycles. The van der Waals surface area contributed by atoms with Crippen LogP contribution in [0.25, 0.3) is 11.0 Å². The molecule has 2 aromatic carbocycles. The molecule has 3 rings (SSSR count). The second kappa shape index (κ2) is 8.17. The summed E-state index contributed by atoms with van der Waals surface area (Å²) in [5, 5.41) is 5.10. The number of benzene rings is 2. The molecular formula is C20H17F3N4O2. The van der Waals surface area contributed by atoms with Gasteiger partial charge in [-0.15, -0.1) is 6.58 Å². The minimum absolute atomic E-state index is 0.136. The summed E-state index contributed by atoms with van der Waals surface area (Å²) < 4.78 is 40.9. The Balaban J connectivity index is 1.88. The highest BCUT2D eigenvalue weighted by Gasteiger charge is 2.38. The van der Waals surface area contributed by atoms with E-state index in [0.717, 1.165) is 4.57 Å². The van der Waals surface area contributed by atoms with Crippen LogP contribution in [0.3, 0.4) is 0 Å². The summed E-state index contributed by atoms with van der Waals surface area (Å²) in [4.78, 5) is 28.3. The van der Waals surface area contributed by atoms with Gasteiger partial charge in [-0.05, 0) is 24.3 Å². The Morgan fingerprint density at radius 3 is 2.52 bits per heavy atom. The molecule has 6 nitrogen and oxygen atoms in total. The van der Waals surface area contributed by atoms with Gasteiger partial charge in [-0.1, -0.05) is 30.3 Å². The Hall–Kier alpha value is -3.62. The second-order valence-electron chi connectivity index (χ2n) is 6.10. The van der Waals surface area contributed by atoms with Crippen LogP contribution >= 0.6 is 0 Å². The third kappa shape index (κ3) is 4.45. The number of fused-ring (bicyclic) bond motifs is 1. The van der Waals surface area contributed by atoms with Crippen LogP contribution < -0.4 is 10.6 Å². The lowest BCUT2D eigenvalue weighted by atomic mass is 10.1. The molecule has 1 aromatic heterocycles. The van der Waals surface area contributed by atoms with Gasteiger partial charge in [0.2, 0.25) is 11.7 Å². The highest BCUT2D eigenvalue weighted by atomic mass is 19.4. The molecule has 0 bridgehead atoms. The van der Waals surface area contributed by atoms with Crippen molar-refractivity contribution in [1.29, 1.82) is 0 Å². The van der Waals surface area contributed by atoms with E-state index in [0.29, 0.717) is 0 Å². The minimum atomic E-state index is -4.72. The largest absolute Gasteiger partial charge is 0.449 e. The Morgan fingerprint density at radius 1 is 1.10 bits per heavy atom. The average molecular weight is 402 g/mol. The summed E-state index contributed by atoms with van der Waals surface area (Å²) in [5.41, 5.74) is 0.704. The predicted molar refractivity (Wildman–Crippen MR) is 102 cm³/mol. The van der Waals surface area contributed by atoms with E-state index >= 15 is 0 Å². The van der Waals surface area contributed by atoms with E-state index in [1.165, 1.54) is 30.3 Å². The number of carbonyl (C=O) groups excluding carboxylic acids is 2. The molecule has 2 N–H and O–H groups in total. The molecule has 0 unspecified atom stereocenters. The van der Waals surface area contributed by atoms with E-state index in [-0.39, 0.29) is 28.8 Å². The third-order valence-electron chi connectivity index (χ3n) is 4.06. The number of alkyl halides is 3. The number of nitrogens with one attached hydrogen (secondary N) is 2. The summed E-state index contributed by atoms with van der Waals surface area (Å²) in [6.45, 7) is 3.13. The van der Waals surface area contributed by atoms with E-state index in [2.05, 4.69) is 22.2 Å². The van der Waals surface area contributed by atoms with E-state index in [4.69, 9.17) is 0 Å². The molecule has 1 heterocycles. The molecule has 0 saturated heterocycles. The van der Waals surface area contributed by atoms with Crippen LogP contribution in [0, 0.1) is 0 Å². The van der Waals surface area contributed by atoms with Gasteiger partial charge in [0.05, 0.1) is 22.3 Å². The lowest BCUT2D eigenvalue weighted by molar-refractivity contribution is -0.147. The maximum Gasteiger partial charge on any atom is 0.449 e. The number of nitrogens with zero attached hydrogens (tertiary/aromatic N) is 2. The number of imidazole rings is 1. The van der Waals surface area contributed by atoms with Crippen molar-refractivity contribution < 1.29 is 22.8 Å². The lowest BCUT2D eigenvalue weighted by Gasteiger charge is -2.13. The van der Waals surface area contributed by atoms with E-state index < -0.39 is 30.4 Å². The fourth-order valence-corrected chi connectivity index (χ4v) is 2.84. The summed E-state index contributed by atoms with van der Waals surface area (Å²) in [5.74, 6) is -2.32. The van der Waals surface area contributed by atoms with Gasteiger partial charge in [0, 0.05) is 6.54 Å². The molecular weight excluding hydrogens is 385 g/mol. The lowest BCUT2D eigenvalue weighted by Crippen LogP contribution is -2.27. The number of hydrogen-bond donors (Lipinski definition) is 2. The average Bonchev–Trinajstić information content (AvgIpc) is 3.05. The van der Waals surface area contributed by atoms with Gasteiger partial charge in [0.15, 0.2) is 0 Å². The number of aromatic nitrogens is 2. The topological polar surface area (TPSA) is 76.0 Å². The molecule has 150 valence electrons. The maximum atomic E-state index is 13.4. The molecule has 0 spiro atoms. The first-order valence-corrected chi connectivity index (χ1v) is 8.61. The van der Waals surface area contributed by atoms with Gasteiger partial charge in [-0.2, -0.15) is 13.2 Å². The van der Waals surface area contributed by atoms with E-state index in [1.807, 2.05) is 0 Å². The first-order valence-electron chi connectivity index (χ1n) is 8.61. The number of anilines is 1. The molecule has 0 fully saturated rings. The van der Waals surface area contributed by atoms with Crippen LogP contribution in [0.2, 0.25) is 0 Å². The van der Waals surface area contributed by atoms with Crippen LogP contribution in [-0.2, 0) is 17.5 Å². The van der Waals surface area contributed by atoms with Crippen molar-refractivity contribution in [2.24, 2.45) is 0 Å². The fourth-order valence-electron chi connectivity index (χ4n) is 2.84. The van der Waals surface area contributed by atoms with E-state index in [1.54, 1.807) is 24.3 Å². The first-order chi connectivity index (χ1) is 13.8. The minimum Gasteiger partial charge on any atom is -0.349 e. The number of carbonyl (C=O) groups is 2.